The normalized spacial score (nSPS) is 12.1. The number of carbonyl (C=O) groups excluding carboxylic acids is 1. The summed E-state index contributed by atoms with van der Waals surface area (Å²) < 4.78 is 7.21. The SMILES string of the molecule is CSC[C@H](C)OC(=O)c1ccc(-n2ccnc2)cc1. The molecule has 1 aromatic heterocycles. The Kier molecular flexibility index (Phi) is 4.63. The Balaban J connectivity index is 2.04. The summed E-state index contributed by atoms with van der Waals surface area (Å²) in [6, 6.07) is 7.28. The van der Waals surface area contributed by atoms with E-state index in [1.807, 2.05) is 36.1 Å². The summed E-state index contributed by atoms with van der Waals surface area (Å²) in [6.45, 7) is 1.90. The molecule has 1 atom stereocenters. The first-order chi connectivity index (χ1) is 9.20. The van der Waals surface area contributed by atoms with Crippen LogP contribution in [0.15, 0.2) is 43.0 Å². The highest BCUT2D eigenvalue weighted by atomic mass is 32.2. The molecule has 0 radical (unpaired) electrons. The summed E-state index contributed by atoms with van der Waals surface area (Å²) in [4.78, 5) is 15.9. The lowest BCUT2D eigenvalue weighted by Crippen LogP contribution is -2.17. The first kappa shape index (κ1) is 13.7. The van der Waals surface area contributed by atoms with E-state index in [-0.39, 0.29) is 12.1 Å². The smallest absolute Gasteiger partial charge is 0.338 e. The van der Waals surface area contributed by atoms with Gasteiger partial charge in [-0.25, -0.2) is 9.78 Å². The average molecular weight is 276 g/mol. The fraction of sp³-hybridized carbons (Fsp3) is 0.286. The average Bonchev–Trinajstić information content (AvgIpc) is 2.93. The Morgan fingerprint density at radius 1 is 1.42 bits per heavy atom. The lowest BCUT2D eigenvalue weighted by atomic mass is 10.2. The first-order valence-electron chi connectivity index (χ1n) is 5.99. The molecule has 2 aromatic rings. The lowest BCUT2D eigenvalue weighted by Gasteiger charge is -2.12. The summed E-state index contributed by atoms with van der Waals surface area (Å²) >= 11 is 1.66. The van der Waals surface area contributed by atoms with Gasteiger partial charge in [0.2, 0.25) is 0 Å². The van der Waals surface area contributed by atoms with Crippen LogP contribution in [0.2, 0.25) is 0 Å². The maximum Gasteiger partial charge on any atom is 0.338 e. The second-order valence-corrected chi connectivity index (χ2v) is 5.10. The van der Waals surface area contributed by atoms with E-state index in [0.29, 0.717) is 5.56 Å². The fourth-order valence-electron chi connectivity index (χ4n) is 1.70. The van der Waals surface area contributed by atoms with Crippen LogP contribution >= 0.6 is 11.8 Å². The van der Waals surface area contributed by atoms with Gasteiger partial charge in [0.1, 0.15) is 6.10 Å². The van der Waals surface area contributed by atoms with Gasteiger partial charge in [-0.05, 0) is 37.4 Å². The molecule has 0 N–H and O–H groups in total. The molecule has 1 heterocycles. The van der Waals surface area contributed by atoms with Gasteiger partial charge in [0.15, 0.2) is 0 Å². The fourth-order valence-corrected chi connectivity index (χ4v) is 2.24. The summed E-state index contributed by atoms with van der Waals surface area (Å²) in [5.74, 6) is 0.525. The summed E-state index contributed by atoms with van der Waals surface area (Å²) in [7, 11) is 0. The zero-order chi connectivity index (χ0) is 13.7. The minimum atomic E-state index is -0.279. The lowest BCUT2D eigenvalue weighted by molar-refractivity contribution is 0.0386. The molecule has 0 aliphatic carbocycles. The number of rotatable bonds is 5. The van der Waals surface area contributed by atoms with Crippen molar-refractivity contribution in [1.82, 2.24) is 9.55 Å². The van der Waals surface area contributed by atoms with Gasteiger partial charge >= 0.3 is 5.97 Å². The second kappa shape index (κ2) is 6.43. The van der Waals surface area contributed by atoms with Gasteiger partial charge in [-0.15, -0.1) is 0 Å². The van der Waals surface area contributed by atoms with Crippen molar-refractivity contribution in [2.45, 2.75) is 13.0 Å². The van der Waals surface area contributed by atoms with Gasteiger partial charge in [-0.3, -0.25) is 0 Å². The summed E-state index contributed by atoms with van der Waals surface area (Å²) in [5.41, 5.74) is 1.53. The third-order valence-electron chi connectivity index (χ3n) is 2.62. The molecule has 0 fully saturated rings. The molecule has 2 rings (SSSR count). The molecule has 0 saturated heterocycles. The molecule has 19 heavy (non-hydrogen) atoms. The molecule has 0 aliphatic rings. The van der Waals surface area contributed by atoms with E-state index >= 15 is 0 Å². The van der Waals surface area contributed by atoms with Crippen LogP contribution in [-0.2, 0) is 4.74 Å². The van der Waals surface area contributed by atoms with Crippen molar-refractivity contribution in [2.75, 3.05) is 12.0 Å². The van der Waals surface area contributed by atoms with Gasteiger partial charge in [0, 0.05) is 23.8 Å². The number of esters is 1. The molecule has 4 nitrogen and oxygen atoms in total. The van der Waals surface area contributed by atoms with Crippen LogP contribution in [0.3, 0.4) is 0 Å². The number of aromatic nitrogens is 2. The quantitative estimate of drug-likeness (QED) is 0.788. The first-order valence-corrected chi connectivity index (χ1v) is 7.38. The molecule has 1 aromatic carbocycles. The molecule has 0 saturated carbocycles. The van der Waals surface area contributed by atoms with Gasteiger partial charge in [0.25, 0.3) is 0 Å². The maximum absolute atomic E-state index is 11.9. The van der Waals surface area contributed by atoms with Crippen molar-refractivity contribution in [3.8, 4) is 5.69 Å². The third kappa shape index (κ3) is 3.61. The molecule has 0 aliphatic heterocycles. The van der Waals surface area contributed by atoms with E-state index in [9.17, 15) is 4.79 Å². The van der Waals surface area contributed by atoms with E-state index in [2.05, 4.69) is 4.98 Å². The Morgan fingerprint density at radius 3 is 2.74 bits per heavy atom. The standard InChI is InChI=1S/C14H16N2O2S/c1-11(9-19-2)18-14(17)12-3-5-13(6-4-12)16-8-7-15-10-16/h3-8,10-11H,9H2,1-2H3/t11-/m0/s1. The highest BCUT2D eigenvalue weighted by molar-refractivity contribution is 7.98. The number of nitrogens with zero attached hydrogens (tertiary/aromatic N) is 2. The topological polar surface area (TPSA) is 44.1 Å². The van der Waals surface area contributed by atoms with E-state index in [1.165, 1.54) is 0 Å². The Morgan fingerprint density at radius 2 is 2.16 bits per heavy atom. The van der Waals surface area contributed by atoms with Crippen molar-refractivity contribution in [3.63, 3.8) is 0 Å². The minimum absolute atomic E-state index is 0.0733. The van der Waals surface area contributed by atoms with Crippen LogP contribution < -0.4 is 0 Å². The van der Waals surface area contributed by atoms with E-state index in [0.717, 1.165) is 11.4 Å². The largest absolute Gasteiger partial charge is 0.458 e. The van der Waals surface area contributed by atoms with Crippen molar-refractivity contribution < 1.29 is 9.53 Å². The number of carbonyl (C=O) groups is 1. The third-order valence-corrected chi connectivity index (χ3v) is 3.42. The van der Waals surface area contributed by atoms with Gasteiger partial charge in [-0.1, -0.05) is 0 Å². The molecule has 5 heteroatoms. The molecular formula is C14H16N2O2S. The predicted molar refractivity (Wildman–Crippen MR) is 76.8 cm³/mol. The maximum atomic E-state index is 11.9. The van der Waals surface area contributed by atoms with Crippen LogP contribution in [0.4, 0.5) is 0 Å². The van der Waals surface area contributed by atoms with Crippen molar-refractivity contribution >= 4 is 17.7 Å². The second-order valence-electron chi connectivity index (χ2n) is 4.19. The molecule has 100 valence electrons. The number of hydrogen-bond donors (Lipinski definition) is 0. The van der Waals surface area contributed by atoms with Crippen LogP contribution in [0.1, 0.15) is 17.3 Å². The minimum Gasteiger partial charge on any atom is -0.458 e. The molecule has 0 spiro atoms. The zero-order valence-corrected chi connectivity index (χ0v) is 11.8. The van der Waals surface area contributed by atoms with Crippen LogP contribution in [0.25, 0.3) is 5.69 Å². The molecule has 0 unspecified atom stereocenters. The van der Waals surface area contributed by atoms with Crippen molar-refractivity contribution in [2.24, 2.45) is 0 Å². The number of benzene rings is 1. The highest BCUT2D eigenvalue weighted by Gasteiger charge is 2.11. The number of imidazole rings is 1. The van der Waals surface area contributed by atoms with Crippen LogP contribution in [-0.4, -0.2) is 33.6 Å². The van der Waals surface area contributed by atoms with Gasteiger partial charge in [-0.2, -0.15) is 11.8 Å². The summed E-state index contributed by atoms with van der Waals surface area (Å²) in [5, 5.41) is 0. The van der Waals surface area contributed by atoms with Crippen LogP contribution in [0, 0.1) is 0 Å². The molecular weight excluding hydrogens is 260 g/mol. The van der Waals surface area contributed by atoms with Crippen LogP contribution in [0.5, 0.6) is 0 Å². The highest BCUT2D eigenvalue weighted by Crippen LogP contribution is 2.11. The number of ether oxygens (including phenoxy) is 1. The molecule has 0 bridgehead atoms. The van der Waals surface area contributed by atoms with E-state index < -0.39 is 0 Å². The zero-order valence-electron chi connectivity index (χ0n) is 10.9. The predicted octanol–water partition coefficient (Wildman–Crippen LogP) is 2.78. The number of hydrogen-bond acceptors (Lipinski definition) is 4. The Bertz CT molecular complexity index is 523. The van der Waals surface area contributed by atoms with Crippen molar-refractivity contribution in [1.29, 1.82) is 0 Å². The summed E-state index contributed by atoms with van der Waals surface area (Å²) in [6.07, 6.45) is 7.20. The Labute approximate surface area is 116 Å². The molecule has 0 amide bonds. The van der Waals surface area contributed by atoms with Crippen molar-refractivity contribution in [3.05, 3.63) is 48.5 Å². The van der Waals surface area contributed by atoms with Gasteiger partial charge in [0.05, 0.1) is 11.9 Å². The van der Waals surface area contributed by atoms with E-state index in [1.54, 1.807) is 36.4 Å². The monoisotopic (exact) mass is 276 g/mol. The Hall–Kier alpha value is -1.75. The van der Waals surface area contributed by atoms with E-state index in [4.69, 9.17) is 4.74 Å². The van der Waals surface area contributed by atoms with Gasteiger partial charge < -0.3 is 9.30 Å². The number of thioether (sulfide) groups is 1.